The van der Waals surface area contributed by atoms with Gasteiger partial charge < -0.3 is 10.1 Å². The molecule has 1 N–H and O–H groups in total. The largest absolute Gasteiger partial charge is 0.379 e. The summed E-state index contributed by atoms with van der Waals surface area (Å²) in [7, 11) is 0. The van der Waals surface area contributed by atoms with Crippen molar-refractivity contribution < 1.29 is 9.53 Å². The number of nitrogens with zero attached hydrogens (tertiary/aromatic N) is 4. The Bertz CT molecular complexity index is 931. The van der Waals surface area contributed by atoms with E-state index in [2.05, 4.69) is 54.2 Å². The van der Waals surface area contributed by atoms with Crippen LogP contribution < -0.4 is 5.32 Å². The van der Waals surface area contributed by atoms with Gasteiger partial charge in [0.25, 0.3) is 0 Å². The summed E-state index contributed by atoms with van der Waals surface area (Å²) in [5.74, 6) is -0.0994. The summed E-state index contributed by atoms with van der Waals surface area (Å²) >= 11 is 1.44. The van der Waals surface area contributed by atoms with E-state index in [0.717, 1.165) is 50.7 Å². The molecule has 2 aromatic rings. The number of amides is 1. The molecule has 8 heteroatoms. The van der Waals surface area contributed by atoms with E-state index in [4.69, 9.17) is 10.00 Å². The van der Waals surface area contributed by atoms with Gasteiger partial charge in [-0.25, -0.2) is 4.98 Å². The number of aromatic nitrogens is 1. The summed E-state index contributed by atoms with van der Waals surface area (Å²) in [6.07, 6.45) is 0.407. The zero-order valence-corrected chi connectivity index (χ0v) is 19.4. The molecule has 1 fully saturated rings. The van der Waals surface area contributed by atoms with E-state index in [-0.39, 0.29) is 12.5 Å². The molecule has 1 amide bonds. The Kier molecular flexibility index (Phi) is 8.55. The van der Waals surface area contributed by atoms with Crippen LogP contribution in [0.1, 0.15) is 23.1 Å². The van der Waals surface area contributed by atoms with Gasteiger partial charge >= 0.3 is 0 Å². The molecule has 0 bridgehead atoms. The van der Waals surface area contributed by atoms with Crippen LogP contribution in [0.3, 0.4) is 0 Å². The first kappa shape index (κ1) is 23.4. The van der Waals surface area contributed by atoms with Crippen LogP contribution >= 0.6 is 11.3 Å². The molecule has 1 aliphatic rings. The number of benzene rings is 1. The number of carbonyl (C=O) groups is 1. The minimum absolute atomic E-state index is 0.0994. The van der Waals surface area contributed by atoms with Crippen molar-refractivity contribution in [2.45, 2.75) is 27.2 Å². The number of morpholine rings is 1. The SMILES string of the molecule is Cc1cc(C)c(-c2csc(NC(=O)CN(CCC#N)CCN3CCOCC3)n2)cc1C. The molecule has 7 nitrogen and oxygen atoms in total. The fourth-order valence-electron chi connectivity index (χ4n) is 3.64. The van der Waals surface area contributed by atoms with E-state index in [1.54, 1.807) is 0 Å². The quantitative estimate of drug-likeness (QED) is 0.643. The first-order valence-electron chi connectivity index (χ1n) is 10.7. The van der Waals surface area contributed by atoms with E-state index < -0.39 is 0 Å². The summed E-state index contributed by atoms with van der Waals surface area (Å²) in [6.45, 7) is 12.1. The van der Waals surface area contributed by atoms with Gasteiger partial charge in [0.1, 0.15) is 0 Å². The number of anilines is 1. The third-order valence-corrected chi connectivity index (χ3v) is 6.37. The van der Waals surface area contributed by atoms with Gasteiger partial charge in [0, 0.05) is 50.1 Å². The van der Waals surface area contributed by atoms with E-state index in [1.165, 1.54) is 28.0 Å². The Morgan fingerprint density at radius 1 is 1.23 bits per heavy atom. The number of nitriles is 1. The van der Waals surface area contributed by atoms with E-state index in [9.17, 15) is 4.79 Å². The average molecular weight is 442 g/mol. The number of carbonyl (C=O) groups excluding carboxylic acids is 1. The molecule has 1 aliphatic heterocycles. The van der Waals surface area contributed by atoms with Crippen molar-refractivity contribution in [2.75, 3.05) is 57.8 Å². The number of ether oxygens (including phenoxy) is 1. The number of rotatable bonds is 9. The van der Waals surface area contributed by atoms with Crippen LogP contribution in [0.25, 0.3) is 11.3 Å². The van der Waals surface area contributed by atoms with Crippen LogP contribution in [-0.4, -0.2) is 73.2 Å². The lowest BCUT2D eigenvalue weighted by Gasteiger charge is -2.29. The van der Waals surface area contributed by atoms with Gasteiger partial charge in [0.05, 0.1) is 31.5 Å². The molecule has 0 saturated carbocycles. The Hall–Kier alpha value is -2.31. The second kappa shape index (κ2) is 11.3. The molecular formula is C23H31N5O2S. The normalized spacial score (nSPS) is 14.5. The van der Waals surface area contributed by atoms with Crippen molar-refractivity contribution in [1.29, 1.82) is 5.26 Å². The molecule has 31 heavy (non-hydrogen) atoms. The Morgan fingerprint density at radius 2 is 1.97 bits per heavy atom. The second-order valence-electron chi connectivity index (χ2n) is 7.98. The van der Waals surface area contributed by atoms with Gasteiger partial charge in [-0.1, -0.05) is 6.07 Å². The highest BCUT2D eigenvalue weighted by Gasteiger charge is 2.16. The van der Waals surface area contributed by atoms with Crippen molar-refractivity contribution in [3.05, 3.63) is 34.2 Å². The van der Waals surface area contributed by atoms with Crippen molar-refractivity contribution >= 4 is 22.4 Å². The van der Waals surface area contributed by atoms with Gasteiger partial charge in [-0.15, -0.1) is 11.3 Å². The highest BCUT2D eigenvalue weighted by atomic mass is 32.1. The molecule has 3 rings (SSSR count). The van der Waals surface area contributed by atoms with Gasteiger partial charge in [-0.3, -0.25) is 14.6 Å². The zero-order valence-electron chi connectivity index (χ0n) is 18.6. The Balaban J connectivity index is 1.58. The maximum atomic E-state index is 12.6. The van der Waals surface area contributed by atoms with Gasteiger partial charge in [-0.05, 0) is 43.5 Å². The Morgan fingerprint density at radius 3 is 2.71 bits per heavy atom. The van der Waals surface area contributed by atoms with E-state index >= 15 is 0 Å². The molecule has 0 aliphatic carbocycles. The van der Waals surface area contributed by atoms with Gasteiger partial charge in [-0.2, -0.15) is 5.26 Å². The van der Waals surface area contributed by atoms with Crippen LogP contribution in [0.2, 0.25) is 0 Å². The maximum Gasteiger partial charge on any atom is 0.240 e. The summed E-state index contributed by atoms with van der Waals surface area (Å²) in [4.78, 5) is 21.7. The van der Waals surface area contributed by atoms with Crippen molar-refractivity contribution in [1.82, 2.24) is 14.8 Å². The summed E-state index contributed by atoms with van der Waals surface area (Å²) in [5, 5.41) is 14.5. The minimum Gasteiger partial charge on any atom is -0.379 e. The molecular weight excluding hydrogens is 410 g/mol. The number of thiazole rings is 1. The van der Waals surface area contributed by atoms with E-state index in [0.29, 0.717) is 18.1 Å². The summed E-state index contributed by atoms with van der Waals surface area (Å²) in [5.41, 5.74) is 5.65. The van der Waals surface area contributed by atoms with Crippen molar-refractivity contribution in [2.24, 2.45) is 0 Å². The molecule has 2 heterocycles. The van der Waals surface area contributed by atoms with Crippen LogP contribution in [0.4, 0.5) is 5.13 Å². The number of aryl methyl sites for hydroxylation is 3. The fourth-order valence-corrected chi connectivity index (χ4v) is 4.37. The average Bonchev–Trinajstić information content (AvgIpc) is 3.21. The molecule has 0 radical (unpaired) electrons. The third-order valence-electron chi connectivity index (χ3n) is 5.61. The summed E-state index contributed by atoms with van der Waals surface area (Å²) in [6, 6.07) is 6.50. The predicted molar refractivity (Wildman–Crippen MR) is 124 cm³/mol. The fraction of sp³-hybridized carbons (Fsp3) is 0.522. The predicted octanol–water partition coefficient (Wildman–Crippen LogP) is 3.22. The molecule has 0 spiro atoms. The van der Waals surface area contributed by atoms with E-state index in [1.807, 2.05) is 10.3 Å². The number of nitrogens with one attached hydrogen (secondary N) is 1. The first-order valence-corrected chi connectivity index (χ1v) is 11.6. The van der Waals surface area contributed by atoms with Crippen LogP contribution in [0, 0.1) is 32.1 Å². The van der Waals surface area contributed by atoms with Crippen LogP contribution in [-0.2, 0) is 9.53 Å². The number of hydrogen-bond acceptors (Lipinski definition) is 7. The zero-order chi connectivity index (χ0) is 22.2. The maximum absolute atomic E-state index is 12.6. The van der Waals surface area contributed by atoms with Crippen molar-refractivity contribution in [3.63, 3.8) is 0 Å². The molecule has 0 atom stereocenters. The smallest absolute Gasteiger partial charge is 0.240 e. The number of hydrogen-bond donors (Lipinski definition) is 1. The highest BCUT2D eigenvalue weighted by Crippen LogP contribution is 2.29. The standard InChI is InChI=1S/C23H31N5O2S/c1-17-13-19(3)20(14-18(17)2)21-16-31-23(25-21)26-22(29)15-28(6-4-5-24)8-7-27-9-11-30-12-10-27/h13-14,16H,4,6-12,15H2,1-3H3,(H,25,26,29). The van der Waals surface area contributed by atoms with Crippen LogP contribution in [0.5, 0.6) is 0 Å². The first-order chi connectivity index (χ1) is 15.0. The molecule has 0 unspecified atom stereocenters. The lowest BCUT2D eigenvalue weighted by molar-refractivity contribution is -0.117. The Labute approximate surface area is 188 Å². The molecule has 1 aromatic carbocycles. The lowest BCUT2D eigenvalue weighted by Crippen LogP contribution is -2.43. The van der Waals surface area contributed by atoms with Gasteiger partial charge in [0.15, 0.2) is 5.13 Å². The van der Waals surface area contributed by atoms with Crippen LogP contribution in [0.15, 0.2) is 17.5 Å². The third kappa shape index (κ3) is 6.84. The second-order valence-corrected chi connectivity index (χ2v) is 8.83. The molecule has 1 saturated heterocycles. The topological polar surface area (TPSA) is 81.5 Å². The molecule has 166 valence electrons. The summed E-state index contributed by atoms with van der Waals surface area (Å²) < 4.78 is 5.39. The van der Waals surface area contributed by atoms with Crippen molar-refractivity contribution in [3.8, 4) is 17.3 Å². The minimum atomic E-state index is -0.0994. The monoisotopic (exact) mass is 441 g/mol. The van der Waals surface area contributed by atoms with Gasteiger partial charge in [0.2, 0.25) is 5.91 Å². The molecule has 1 aromatic heterocycles. The lowest BCUT2D eigenvalue weighted by atomic mass is 9.99. The highest BCUT2D eigenvalue weighted by molar-refractivity contribution is 7.14.